The number of fused-ring (bicyclic) bond motifs is 1. The summed E-state index contributed by atoms with van der Waals surface area (Å²) >= 11 is 0. The maximum atomic E-state index is 12.5. The van der Waals surface area contributed by atoms with Gasteiger partial charge in [0.15, 0.2) is 0 Å². The van der Waals surface area contributed by atoms with Gasteiger partial charge in [-0.1, -0.05) is 41.6 Å². The van der Waals surface area contributed by atoms with E-state index in [0.29, 0.717) is 18.0 Å². The first-order valence-electron chi connectivity index (χ1n) is 9.36. The third-order valence-electron chi connectivity index (χ3n) is 4.98. The summed E-state index contributed by atoms with van der Waals surface area (Å²) < 4.78 is 10.5. The zero-order valence-electron chi connectivity index (χ0n) is 16.1. The molecule has 1 unspecified atom stereocenters. The van der Waals surface area contributed by atoms with E-state index in [1.165, 1.54) is 0 Å². The number of ether oxygens (including phenoxy) is 1. The van der Waals surface area contributed by atoms with E-state index in [4.69, 9.17) is 9.26 Å². The number of aliphatic hydroxyl groups excluding tert-OH is 1. The molecule has 2 aromatic carbocycles. The molecule has 3 aromatic rings. The number of carbonyl (C=O) groups is 1. The predicted molar refractivity (Wildman–Crippen MR) is 105 cm³/mol. The van der Waals surface area contributed by atoms with Crippen LogP contribution in [0.15, 0.2) is 53.1 Å². The number of methoxy groups -OCH3 is 1. The zero-order chi connectivity index (χ0) is 20.4. The first kappa shape index (κ1) is 18.9. The minimum Gasteiger partial charge on any atom is -0.497 e. The molecule has 0 fully saturated rings. The van der Waals surface area contributed by atoms with Gasteiger partial charge in [0.1, 0.15) is 11.8 Å². The lowest BCUT2D eigenvalue weighted by atomic mass is 10.1. The van der Waals surface area contributed by atoms with Crippen LogP contribution in [0, 0.1) is 0 Å². The Bertz CT molecular complexity index is 1020. The summed E-state index contributed by atoms with van der Waals surface area (Å²) in [5.74, 6) is 1.38. The maximum absolute atomic E-state index is 12.5. The fraction of sp³-hybridized carbons (Fsp3) is 0.286. The molecule has 1 aliphatic rings. The van der Waals surface area contributed by atoms with E-state index in [-0.39, 0.29) is 5.89 Å². The highest BCUT2D eigenvalue weighted by atomic mass is 16.5. The number of rotatable bonds is 5. The van der Waals surface area contributed by atoms with Crippen LogP contribution in [0.3, 0.4) is 0 Å². The van der Waals surface area contributed by atoms with Gasteiger partial charge in [0.25, 0.3) is 0 Å². The van der Waals surface area contributed by atoms with Crippen molar-refractivity contribution in [1.29, 1.82) is 0 Å². The minimum absolute atomic E-state index is 0.283. The summed E-state index contributed by atoms with van der Waals surface area (Å²) in [5, 5.41) is 19.9. The molecule has 0 saturated heterocycles. The van der Waals surface area contributed by atoms with E-state index in [1.807, 2.05) is 42.5 Å². The Kier molecular flexibility index (Phi) is 5.18. The van der Waals surface area contributed by atoms with Crippen molar-refractivity contribution in [3.8, 4) is 17.1 Å². The molecule has 3 atom stereocenters. The van der Waals surface area contributed by atoms with Gasteiger partial charge in [0.05, 0.1) is 19.3 Å². The van der Waals surface area contributed by atoms with Crippen LogP contribution in [0.4, 0.5) is 4.79 Å². The molecule has 0 spiro atoms. The van der Waals surface area contributed by atoms with Gasteiger partial charge < -0.3 is 25.0 Å². The first-order chi connectivity index (χ1) is 14.0. The Morgan fingerprint density at radius 1 is 1.28 bits per heavy atom. The number of hydrogen-bond donors (Lipinski definition) is 3. The average Bonchev–Trinajstić information content (AvgIpc) is 3.34. The Morgan fingerprint density at radius 2 is 2.10 bits per heavy atom. The predicted octanol–water partition coefficient (Wildman–Crippen LogP) is 2.76. The Balaban J connectivity index is 1.41. The van der Waals surface area contributed by atoms with Crippen LogP contribution in [-0.2, 0) is 6.42 Å². The van der Waals surface area contributed by atoms with Crippen molar-refractivity contribution in [2.24, 2.45) is 0 Å². The van der Waals surface area contributed by atoms with Crippen molar-refractivity contribution in [1.82, 2.24) is 20.8 Å². The fourth-order valence-electron chi connectivity index (χ4n) is 3.48. The number of urea groups is 1. The Hall–Kier alpha value is -3.39. The third kappa shape index (κ3) is 3.93. The van der Waals surface area contributed by atoms with Crippen molar-refractivity contribution in [2.45, 2.75) is 31.5 Å². The molecule has 3 N–H and O–H groups in total. The number of carbonyl (C=O) groups excluding carboxylic acids is 1. The molecule has 0 aliphatic heterocycles. The monoisotopic (exact) mass is 394 g/mol. The van der Waals surface area contributed by atoms with Gasteiger partial charge in [-0.25, -0.2) is 4.79 Å². The molecule has 0 bridgehead atoms. The number of benzene rings is 2. The van der Waals surface area contributed by atoms with Gasteiger partial charge in [-0.05, 0) is 30.2 Å². The second-order valence-electron chi connectivity index (χ2n) is 6.98. The largest absolute Gasteiger partial charge is 0.497 e. The first-order valence-corrected chi connectivity index (χ1v) is 9.36. The normalized spacial score (nSPS) is 18.7. The molecular formula is C21H22N4O4. The number of aromatic nitrogens is 2. The van der Waals surface area contributed by atoms with Gasteiger partial charge in [-0.3, -0.25) is 0 Å². The van der Waals surface area contributed by atoms with E-state index < -0.39 is 24.2 Å². The topological polar surface area (TPSA) is 110 Å². The van der Waals surface area contributed by atoms with Crippen LogP contribution in [0.25, 0.3) is 11.4 Å². The van der Waals surface area contributed by atoms with Crippen LogP contribution < -0.4 is 15.4 Å². The van der Waals surface area contributed by atoms with Crippen LogP contribution in [0.2, 0.25) is 0 Å². The van der Waals surface area contributed by atoms with Crippen molar-refractivity contribution >= 4 is 6.03 Å². The van der Waals surface area contributed by atoms with Gasteiger partial charge in [0, 0.05) is 12.0 Å². The summed E-state index contributed by atoms with van der Waals surface area (Å²) in [6.45, 7) is 1.75. The van der Waals surface area contributed by atoms with Gasteiger partial charge in [-0.15, -0.1) is 0 Å². The molecule has 0 radical (unpaired) electrons. The molecule has 1 aliphatic carbocycles. The van der Waals surface area contributed by atoms with Crippen LogP contribution in [-0.4, -0.2) is 34.5 Å². The lowest BCUT2D eigenvalue weighted by molar-refractivity contribution is 0.141. The van der Waals surface area contributed by atoms with Crippen LogP contribution in [0.1, 0.15) is 36.0 Å². The van der Waals surface area contributed by atoms with E-state index in [1.54, 1.807) is 20.1 Å². The van der Waals surface area contributed by atoms with E-state index in [2.05, 4.69) is 20.8 Å². The number of nitrogens with zero attached hydrogens (tertiary/aromatic N) is 2. The average molecular weight is 394 g/mol. The molecule has 8 heteroatoms. The molecule has 0 saturated carbocycles. The maximum Gasteiger partial charge on any atom is 0.316 e. The Morgan fingerprint density at radius 3 is 2.93 bits per heavy atom. The number of aliphatic hydroxyl groups is 1. The standard InChI is InChI=1S/C21H22N4O4/c1-12(20-24-19(25-29-20)14-7-5-8-15(10-14)28-2)22-21(27)23-18-16-9-4-3-6-13(16)11-17(18)26/h3-10,12,17-18,26H,11H2,1-2H3,(H2,22,23,27)/t12?,17-,18+/m1/s1. The van der Waals surface area contributed by atoms with E-state index in [9.17, 15) is 9.90 Å². The van der Waals surface area contributed by atoms with E-state index in [0.717, 1.165) is 16.7 Å². The summed E-state index contributed by atoms with van der Waals surface area (Å²) in [6.07, 6.45) is -0.138. The quantitative estimate of drug-likeness (QED) is 0.614. The second kappa shape index (κ2) is 7.92. The van der Waals surface area contributed by atoms with Crippen molar-refractivity contribution in [2.75, 3.05) is 7.11 Å². The molecule has 8 nitrogen and oxygen atoms in total. The smallest absolute Gasteiger partial charge is 0.316 e. The molecule has 2 amide bonds. The third-order valence-corrected chi connectivity index (χ3v) is 4.98. The van der Waals surface area contributed by atoms with Gasteiger partial charge >= 0.3 is 6.03 Å². The summed E-state index contributed by atoms with van der Waals surface area (Å²) in [7, 11) is 1.59. The zero-order valence-corrected chi connectivity index (χ0v) is 16.1. The highest BCUT2D eigenvalue weighted by Gasteiger charge is 2.32. The SMILES string of the molecule is COc1cccc(-c2noc(C(C)NC(=O)N[C@H]3c4ccccc4C[C@H]3O)n2)c1. The lowest BCUT2D eigenvalue weighted by Gasteiger charge is -2.19. The minimum atomic E-state index is -0.656. The highest BCUT2D eigenvalue weighted by Crippen LogP contribution is 2.31. The lowest BCUT2D eigenvalue weighted by Crippen LogP contribution is -2.41. The second-order valence-corrected chi connectivity index (χ2v) is 6.98. The summed E-state index contributed by atoms with van der Waals surface area (Å²) in [5.41, 5.74) is 2.72. The number of hydrogen-bond acceptors (Lipinski definition) is 6. The van der Waals surface area contributed by atoms with Gasteiger partial charge in [-0.2, -0.15) is 4.98 Å². The number of nitrogens with one attached hydrogen (secondary N) is 2. The van der Waals surface area contributed by atoms with Gasteiger partial charge in [0.2, 0.25) is 11.7 Å². The molecular weight excluding hydrogens is 372 g/mol. The van der Waals surface area contributed by atoms with Crippen molar-refractivity contribution in [3.05, 3.63) is 65.5 Å². The van der Waals surface area contributed by atoms with Crippen molar-refractivity contribution in [3.63, 3.8) is 0 Å². The van der Waals surface area contributed by atoms with E-state index >= 15 is 0 Å². The van der Waals surface area contributed by atoms with Crippen LogP contribution in [0.5, 0.6) is 5.75 Å². The molecule has 150 valence electrons. The Labute approximate surface area is 167 Å². The number of amides is 2. The van der Waals surface area contributed by atoms with Crippen molar-refractivity contribution < 1.29 is 19.2 Å². The van der Waals surface area contributed by atoms with Crippen LogP contribution >= 0.6 is 0 Å². The molecule has 1 heterocycles. The fourth-order valence-corrected chi connectivity index (χ4v) is 3.48. The molecule has 1 aromatic heterocycles. The molecule has 4 rings (SSSR count). The highest BCUT2D eigenvalue weighted by molar-refractivity contribution is 5.75. The summed E-state index contributed by atoms with van der Waals surface area (Å²) in [6, 6.07) is 13.6. The molecule has 29 heavy (non-hydrogen) atoms. The summed E-state index contributed by atoms with van der Waals surface area (Å²) in [4.78, 5) is 16.8.